The van der Waals surface area contributed by atoms with E-state index >= 15 is 0 Å². The molecule has 1 aliphatic heterocycles. The van der Waals surface area contributed by atoms with E-state index in [0.717, 1.165) is 36.9 Å². The lowest BCUT2D eigenvalue weighted by molar-refractivity contribution is -0.117. The molecule has 0 bridgehead atoms. The van der Waals surface area contributed by atoms with Gasteiger partial charge >= 0.3 is 0 Å². The predicted molar refractivity (Wildman–Crippen MR) is 118 cm³/mol. The van der Waals surface area contributed by atoms with E-state index in [0.29, 0.717) is 24.3 Å². The van der Waals surface area contributed by atoms with Gasteiger partial charge in [0, 0.05) is 54.7 Å². The van der Waals surface area contributed by atoms with Crippen molar-refractivity contribution in [2.45, 2.75) is 13.8 Å². The number of nitrogens with one attached hydrogen (secondary N) is 2. The Balaban J connectivity index is 1.52. The first-order valence-corrected chi connectivity index (χ1v) is 10.3. The molecular formula is C22H27ClN4O2. The first-order chi connectivity index (χ1) is 14.0. The molecule has 0 aliphatic carbocycles. The maximum atomic E-state index is 12.5. The van der Waals surface area contributed by atoms with Crippen molar-refractivity contribution in [3.05, 3.63) is 58.6 Å². The van der Waals surface area contributed by atoms with Crippen molar-refractivity contribution in [3.8, 4) is 0 Å². The minimum absolute atomic E-state index is 0.0783. The lowest BCUT2D eigenvalue weighted by atomic mass is 10.1. The summed E-state index contributed by atoms with van der Waals surface area (Å²) in [5.41, 5.74) is 3.53. The number of hydrogen-bond donors (Lipinski definition) is 2. The molecule has 1 aliphatic rings. The van der Waals surface area contributed by atoms with Crippen molar-refractivity contribution >= 4 is 34.8 Å². The Morgan fingerprint density at radius 2 is 1.83 bits per heavy atom. The van der Waals surface area contributed by atoms with Crippen LogP contribution in [0.25, 0.3) is 0 Å². The van der Waals surface area contributed by atoms with Gasteiger partial charge in [-0.15, -0.1) is 0 Å². The van der Waals surface area contributed by atoms with Crippen molar-refractivity contribution < 1.29 is 9.59 Å². The highest BCUT2D eigenvalue weighted by Crippen LogP contribution is 2.25. The molecule has 0 aromatic heterocycles. The van der Waals surface area contributed by atoms with Gasteiger partial charge in [-0.1, -0.05) is 23.7 Å². The average Bonchev–Trinajstić information content (AvgIpc) is 2.71. The monoisotopic (exact) mass is 414 g/mol. The van der Waals surface area contributed by atoms with Gasteiger partial charge in [0.25, 0.3) is 5.91 Å². The Morgan fingerprint density at radius 3 is 2.55 bits per heavy atom. The van der Waals surface area contributed by atoms with E-state index < -0.39 is 0 Å². The molecule has 2 aromatic rings. The zero-order valence-electron chi connectivity index (χ0n) is 16.9. The Bertz CT molecular complexity index is 879. The molecule has 2 amide bonds. The first kappa shape index (κ1) is 21.1. The maximum absolute atomic E-state index is 12.5. The van der Waals surface area contributed by atoms with Gasteiger partial charge in [0.1, 0.15) is 0 Å². The number of carbonyl (C=O) groups is 2. The lowest BCUT2D eigenvalue weighted by Crippen LogP contribution is -2.48. The summed E-state index contributed by atoms with van der Waals surface area (Å²) in [4.78, 5) is 28.8. The number of rotatable bonds is 6. The van der Waals surface area contributed by atoms with Crippen LogP contribution in [0.15, 0.2) is 42.5 Å². The van der Waals surface area contributed by atoms with Crippen molar-refractivity contribution in [1.82, 2.24) is 10.2 Å². The number of halogens is 1. The van der Waals surface area contributed by atoms with Crippen molar-refractivity contribution in [1.29, 1.82) is 0 Å². The number of aryl methyl sites for hydroxylation is 1. The minimum Gasteiger partial charge on any atom is -0.369 e. The standard InChI is InChI=1S/C22H27ClN4O2/c1-3-24-22(29)17-5-4-6-19(13-17)25-21(28)15-26-9-11-27(12-10-26)20-14-18(23)8-7-16(20)2/h4-8,13-14H,3,9-12,15H2,1-2H3,(H,24,29)(H,25,28). The normalized spacial score (nSPS) is 14.5. The Morgan fingerprint density at radius 1 is 1.07 bits per heavy atom. The van der Waals surface area contributed by atoms with E-state index in [9.17, 15) is 9.59 Å². The molecular weight excluding hydrogens is 388 g/mol. The number of benzene rings is 2. The molecule has 3 rings (SSSR count). The van der Waals surface area contributed by atoms with Crippen molar-refractivity contribution in [3.63, 3.8) is 0 Å². The molecule has 154 valence electrons. The quantitative estimate of drug-likeness (QED) is 0.762. The molecule has 29 heavy (non-hydrogen) atoms. The Hall–Kier alpha value is -2.57. The third-order valence-corrected chi connectivity index (χ3v) is 5.23. The number of amides is 2. The molecule has 0 spiro atoms. The van der Waals surface area contributed by atoms with Gasteiger partial charge in [0.2, 0.25) is 5.91 Å². The number of carbonyl (C=O) groups excluding carboxylic acids is 2. The van der Waals surface area contributed by atoms with Gasteiger partial charge < -0.3 is 15.5 Å². The molecule has 2 aromatic carbocycles. The largest absolute Gasteiger partial charge is 0.369 e. The number of piperazine rings is 1. The van der Waals surface area contributed by atoms with Crippen LogP contribution in [0.4, 0.5) is 11.4 Å². The van der Waals surface area contributed by atoms with Crippen LogP contribution in [0.5, 0.6) is 0 Å². The topological polar surface area (TPSA) is 64.7 Å². The van der Waals surface area contributed by atoms with Crippen LogP contribution in [0.1, 0.15) is 22.8 Å². The van der Waals surface area contributed by atoms with E-state index in [-0.39, 0.29) is 11.8 Å². The summed E-state index contributed by atoms with van der Waals surface area (Å²) in [6.07, 6.45) is 0. The van der Waals surface area contributed by atoms with Crippen LogP contribution in [-0.4, -0.2) is 56.0 Å². The molecule has 0 radical (unpaired) electrons. The van der Waals surface area contributed by atoms with Gasteiger partial charge in [-0.2, -0.15) is 0 Å². The lowest BCUT2D eigenvalue weighted by Gasteiger charge is -2.36. The van der Waals surface area contributed by atoms with E-state index in [1.165, 1.54) is 5.56 Å². The fraction of sp³-hybridized carbons (Fsp3) is 0.364. The van der Waals surface area contributed by atoms with Crippen LogP contribution >= 0.6 is 11.6 Å². The van der Waals surface area contributed by atoms with E-state index in [2.05, 4.69) is 27.4 Å². The molecule has 6 nitrogen and oxygen atoms in total. The second-order valence-electron chi connectivity index (χ2n) is 7.18. The number of hydrogen-bond acceptors (Lipinski definition) is 4. The summed E-state index contributed by atoms with van der Waals surface area (Å²) in [5, 5.41) is 6.39. The second kappa shape index (κ2) is 9.76. The SMILES string of the molecule is CCNC(=O)c1cccc(NC(=O)CN2CCN(c3cc(Cl)ccc3C)CC2)c1. The van der Waals surface area contributed by atoms with Gasteiger partial charge in [-0.25, -0.2) is 0 Å². The molecule has 1 heterocycles. The Kier molecular flexibility index (Phi) is 7.12. The molecule has 2 N–H and O–H groups in total. The number of nitrogens with zero attached hydrogens (tertiary/aromatic N) is 2. The van der Waals surface area contributed by atoms with Gasteiger partial charge in [0.15, 0.2) is 0 Å². The summed E-state index contributed by atoms with van der Waals surface area (Å²) in [6, 6.07) is 12.9. The summed E-state index contributed by atoms with van der Waals surface area (Å²) >= 11 is 6.14. The highest BCUT2D eigenvalue weighted by atomic mass is 35.5. The van der Waals surface area contributed by atoms with E-state index in [4.69, 9.17) is 11.6 Å². The van der Waals surface area contributed by atoms with Crippen LogP contribution in [0, 0.1) is 6.92 Å². The van der Waals surface area contributed by atoms with Crippen LogP contribution in [-0.2, 0) is 4.79 Å². The Labute approximate surface area is 176 Å². The molecule has 7 heteroatoms. The van der Waals surface area contributed by atoms with Crippen LogP contribution in [0.3, 0.4) is 0 Å². The van der Waals surface area contributed by atoms with E-state index in [1.807, 2.05) is 25.1 Å². The molecule has 0 saturated carbocycles. The zero-order chi connectivity index (χ0) is 20.8. The predicted octanol–water partition coefficient (Wildman–Crippen LogP) is 3.16. The van der Waals surface area contributed by atoms with Gasteiger partial charge in [0.05, 0.1) is 6.54 Å². The van der Waals surface area contributed by atoms with Crippen molar-refractivity contribution in [2.75, 3.05) is 49.5 Å². The summed E-state index contributed by atoms with van der Waals surface area (Å²) < 4.78 is 0. The van der Waals surface area contributed by atoms with Crippen molar-refractivity contribution in [2.24, 2.45) is 0 Å². The zero-order valence-corrected chi connectivity index (χ0v) is 17.6. The van der Waals surface area contributed by atoms with Crippen LogP contribution < -0.4 is 15.5 Å². The summed E-state index contributed by atoms with van der Waals surface area (Å²) in [7, 11) is 0. The van der Waals surface area contributed by atoms with Gasteiger partial charge in [-0.05, 0) is 49.7 Å². The first-order valence-electron chi connectivity index (χ1n) is 9.88. The van der Waals surface area contributed by atoms with E-state index in [1.54, 1.807) is 24.3 Å². The average molecular weight is 415 g/mol. The second-order valence-corrected chi connectivity index (χ2v) is 7.62. The minimum atomic E-state index is -0.143. The smallest absolute Gasteiger partial charge is 0.251 e. The van der Waals surface area contributed by atoms with Gasteiger partial charge in [-0.3, -0.25) is 14.5 Å². The molecule has 0 unspecified atom stereocenters. The fourth-order valence-electron chi connectivity index (χ4n) is 3.47. The molecule has 1 fully saturated rings. The highest BCUT2D eigenvalue weighted by molar-refractivity contribution is 6.30. The number of anilines is 2. The molecule has 1 saturated heterocycles. The fourth-order valence-corrected chi connectivity index (χ4v) is 3.64. The third kappa shape index (κ3) is 5.71. The highest BCUT2D eigenvalue weighted by Gasteiger charge is 2.20. The maximum Gasteiger partial charge on any atom is 0.251 e. The molecule has 0 atom stereocenters. The summed E-state index contributed by atoms with van der Waals surface area (Å²) in [5.74, 6) is -0.221. The summed E-state index contributed by atoms with van der Waals surface area (Å²) in [6.45, 7) is 8.15. The third-order valence-electron chi connectivity index (χ3n) is 5.00. The van der Waals surface area contributed by atoms with Crippen LogP contribution in [0.2, 0.25) is 5.02 Å².